The van der Waals surface area contributed by atoms with E-state index in [-0.39, 0.29) is 12.5 Å². The third-order valence-electron chi connectivity index (χ3n) is 3.82. The van der Waals surface area contributed by atoms with Crippen LogP contribution in [0.15, 0.2) is 0 Å². The molecule has 0 bridgehead atoms. The van der Waals surface area contributed by atoms with Gasteiger partial charge < -0.3 is 14.9 Å². The predicted molar refractivity (Wildman–Crippen MR) is 78.7 cm³/mol. The van der Waals surface area contributed by atoms with E-state index in [0.29, 0.717) is 25.0 Å². The van der Waals surface area contributed by atoms with Gasteiger partial charge in [0.25, 0.3) is 0 Å². The molecule has 5 heteroatoms. The summed E-state index contributed by atoms with van der Waals surface area (Å²) in [6.07, 6.45) is 4.55. The van der Waals surface area contributed by atoms with E-state index < -0.39 is 5.97 Å². The van der Waals surface area contributed by atoms with Crippen LogP contribution < -0.4 is 0 Å². The van der Waals surface area contributed by atoms with Gasteiger partial charge in [-0.05, 0) is 25.7 Å². The maximum Gasteiger partial charge on any atom is 0.320 e. The predicted octanol–water partition coefficient (Wildman–Crippen LogP) is 2.80. The lowest BCUT2D eigenvalue weighted by Gasteiger charge is -2.35. The van der Waals surface area contributed by atoms with Crippen molar-refractivity contribution in [2.75, 3.05) is 19.6 Å². The van der Waals surface area contributed by atoms with E-state index in [2.05, 4.69) is 13.8 Å². The minimum Gasteiger partial charge on any atom is -0.481 e. The zero-order valence-electron chi connectivity index (χ0n) is 13.0. The summed E-state index contributed by atoms with van der Waals surface area (Å²) in [5.41, 5.74) is 0. The Morgan fingerprint density at radius 1 is 1.25 bits per heavy atom. The van der Waals surface area contributed by atoms with Crippen molar-refractivity contribution in [3.8, 4) is 0 Å². The first kappa shape index (κ1) is 16.8. The second-order valence-electron chi connectivity index (χ2n) is 5.99. The normalized spacial score (nSPS) is 15.6. The molecule has 0 aromatic carbocycles. The van der Waals surface area contributed by atoms with Gasteiger partial charge in [-0.25, -0.2) is 4.79 Å². The van der Waals surface area contributed by atoms with Crippen molar-refractivity contribution >= 4 is 12.0 Å². The summed E-state index contributed by atoms with van der Waals surface area (Å²) in [6.45, 7) is 7.75. The molecule has 0 aromatic rings. The summed E-state index contributed by atoms with van der Waals surface area (Å²) in [5.74, 6) is -0.426. The van der Waals surface area contributed by atoms with Crippen molar-refractivity contribution in [1.82, 2.24) is 9.80 Å². The van der Waals surface area contributed by atoms with Gasteiger partial charge in [0.1, 0.15) is 0 Å². The molecule has 0 heterocycles. The molecule has 1 fully saturated rings. The molecule has 20 heavy (non-hydrogen) atoms. The summed E-state index contributed by atoms with van der Waals surface area (Å²) in [5, 5.41) is 8.78. The molecule has 1 aliphatic carbocycles. The highest BCUT2D eigenvalue weighted by Gasteiger charge is 2.29. The topological polar surface area (TPSA) is 60.9 Å². The first-order valence-corrected chi connectivity index (χ1v) is 7.73. The second-order valence-corrected chi connectivity index (χ2v) is 5.99. The fourth-order valence-electron chi connectivity index (χ4n) is 2.79. The molecule has 1 rings (SSSR count). The average Bonchev–Trinajstić information content (AvgIpc) is 2.89. The van der Waals surface area contributed by atoms with Crippen LogP contribution in [0.5, 0.6) is 0 Å². The molecule has 1 aliphatic rings. The zero-order chi connectivity index (χ0) is 15.1. The molecule has 0 atom stereocenters. The molecule has 0 aliphatic heterocycles. The van der Waals surface area contributed by atoms with Crippen LogP contribution in [-0.2, 0) is 4.79 Å². The Kier molecular flexibility index (Phi) is 6.82. The van der Waals surface area contributed by atoms with Crippen LogP contribution in [0.3, 0.4) is 0 Å². The van der Waals surface area contributed by atoms with E-state index in [1.54, 1.807) is 4.90 Å². The van der Waals surface area contributed by atoms with Crippen LogP contribution in [-0.4, -0.2) is 52.6 Å². The van der Waals surface area contributed by atoms with Gasteiger partial charge in [-0.1, -0.05) is 26.7 Å². The quantitative estimate of drug-likeness (QED) is 0.782. The lowest BCUT2D eigenvalue weighted by Crippen LogP contribution is -2.49. The number of carbonyl (C=O) groups is 2. The molecule has 2 amide bonds. The van der Waals surface area contributed by atoms with Gasteiger partial charge in [-0.3, -0.25) is 4.79 Å². The van der Waals surface area contributed by atoms with Gasteiger partial charge in [0.05, 0.1) is 6.42 Å². The molecular weight excluding hydrogens is 256 g/mol. The van der Waals surface area contributed by atoms with Crippen molar-refractivity contribution in [3.05, 3.63) is 0 Å². The molecule has 5 nitrogen and oxygen atoms in total. The number of carbonyl (C=O) groups excluding carboxylic acids is 1. The highest BCUT2D eigenvalue weighted by Crippen LogP contribution is 2.25. The molecule has 0 saturated heterocycles. The van der Waals surface area contributed by atoms with Gasteiger partial charge in [-0.2, -0.15) is 0 Å². The van der Waals surface area contributed by atoms with Gasteiger partial charge in [-0.15, -0.1) is 0 Å². The van der Waals surface area contributed by atoms with Crippen LogP contribution in [0.2, 0.25) is 0 Å². The van der Waals surface area contributed by atoms with Gasteiger partial charge in [0, 0.05) is 25.7 Å². The van der Waals surface area contributed by atoms with Gasteiger partial charge in [0.2, 0.25) is 0 Å². The molecule has 116 valence electrons. The number of hydrogen-bond acceptors (Lipinski definition) is 2. The number of carboxylic acid groups (broad SMARTS) is 1. The van der Waals surface area contributed by atoms with Crippen molar-refractivity contribution < 1.29 is 14.7 Å². The van der Waals surface area contributed by atoms with E-state index >= 15 is 0 Å². The minimum absolute atomic E-state index is 0.00866. The first-order chi connectivity index (χ1) is 9.45. The maximum atomic E-state index is 12.7. The Balaban J connectivity index is 2.70. The number of hydrogen-bond donors (Lipinski definition) is 1. The molecule has 0 radical (unpaired) electrons. The smallest absolute Gasteiger partial charge is 0.320 e. The Morgan fingerprint density at radius 2 is 1.85 bits per heavy atom. The molecule has 0 unspecified atom stereocenters. The van der Waals surface area contributed by atoms with Crippen LogP contribution in [0.1, 0.15) is 52.9 Å². The van der Waals surface area contributed by atoms with E-state index in [0.717, 1.165) is 19.4 Å². The van der Waals surface area contributed by atoms with Crippen molar-refractivity contribution in [3.63, 3.8) is 0 Å². The van der Waals surface area contributed by atoms with Gasteiger partial charge in [0.15, 0.2) is 0 Å². The van der Waals surface area contributed by atoms with E-state index in [1.807, 2.05) is 11.8 Å². The van der Waals surface area contributed by atoms with Crippen LogP contribution in [0.4, 0.5) is 4.79 Å². The minimum atomic E-state index is -0.854. The summed E-state index contributed by atoms with van der Waals surface area (Å²) in [7, 11) is 0. The lowest BCUT2D eigenvalue weighted by molar-refractivity contribution is -0.137. The van der Waals surface area contributed by atoms with E-state index in [1.165, 1.54) is 12.8 Å². The highest BCUT2D eigenvalue weighted by molar-refractivity contribution is 5.76. The summed E-state index contributed by atoms with van der Waals surface area (Å²) in [6, 6.07) is 0.345. The van der Waals surface area contributed by atoms with Crippen LogP contribution >= 0.6 is 0 Å². The molecule has 0 spiro atoms. The maximum absolute atomic E-state index is 12.7. The Bertz CT molecular complexity index is 325. The third kappa shape index (κ3) is 5.02. The largest absolute Gasteiger partial charge is 0.481 e. The van der Waals surface area contributed by atoms with E-state index in [9.17, 15) is 9.59 Å². The number of aliphatic carboxylic acids is 1. The summed E-state index contributed by atoms with van der Waals surface area (Å²) < 4.78 is 0. The van der Waals surface area contributed by atoms with Gasteiger partial charge >= 0.3 is 12.0 Å². The van der Waals surface area contributed by atoms with Crippen molar-refractivity contribution in [1.29, 1.82) is 0 Å². The summed E-state index contributed by atoms with van der Waals surface area (Å²) >= 11 is 0. The fraction of sp³-hybridized carbons (Fsp3) is 0.867. The SMILES string of the molecule is CCN(CCC(=O)O)C(=O)N(CC(C)C)C1CCCC1. The van der Waals surface area contributed by atoms with Crippen molar-refractivity contribution in [2.45, 2.75) is 58.9 Å². The number of amides is 2. The Labute approximate surface area is 121 Å². The number of nitrogens with zero attached hydrogens (tertiary/aromatic N) is 2. The Hall–Kier alpha value is -1.26. The number of carboxylic acids is 1. The lowest BCUT2D eigenvalue weighted by atomic mass is 10.1. The first-order valence-electron chi connectivity index (χ1n) is 7.73. The zero-order valence-corrected chi connectivity index (χ0v) is 13.0. The molecule has 1 N–H and O–H groups in total. The average molecular weight is 284 g/mol. The molecule has 0 aromatic heterocycles. The Morgan fingerprint density at radius 3 is 2.30 bits per heavy atom. The fourth-order valence-corrected chi connectivity index (χ4v) is 2.79. The molecule has 1 saturated carbocycles. The van der Waals surface area contributed by atoms with Crippen molar-refractivity contribution in [2.24, 2.45) is 5.92 Å². The standard InChI is InChI=1S/C15H28N2O3/c1-4-16(10-9-14(18)19)15(20)17(11-12(2)3)13-7-5-6-8-13/h12-13H,4-11H2,1-3H3,(H,18,19). The second kappa shape index (κ2) is 8.12. The third-order valence-corrected chi connectivity index (χ3v) is 3.82. The van der Waals surface area contributed by atoms with Crippen LogP contribution in [0, 0.1) is 5.92 Å². The number of urea groups is 1. The monoisotopic (exact) mass is 284 g/mol. The van der Waals surface area contributed by atoms with Crippen LogP contribution in [0.25, 0.3) is 0 Å². The van der Waals surface area contributed by atoms with E-state index in [4.69, 9.17) is 5.11 Å². The molecular formula is C15H28N2O3. The highest BCUT2D eigenvalue weighted by atomic mass is 16.4. The number of rotatable bonds is 7. The summed E-state index contributed by atoms with van der Waals surface area (Å²) in [4.78, 5) is 27.0.